The van der Waals surface area contributed by atoms with Crippen molar-refractivity contribution >= 4 is 16.9 Å². The lowest BCUT2D eigenvalue weighted by Crippen LogP contribution is -2.49. The average molecular weight is 361 g/mol. The van der Waals surface area contributed by atoms with Gasteiger partial charge in [0.2, 0.25) is 0 Å². The number of likely N-dealkylation sites (tertiary alicyclic amines) is 1. The summed E-state index contributed by atoms with van der Waals surface area (Å²) in [6, 6.07) is 12.3. The number of benzene rings is 2. The average Bonchev–Trinajstić information content (AvgIpc) is 3.20. The highest BCUT2D eigenvalue weighted by Crippen LogP contribution is 2.41. The SMILES string of the molecule is O=C(c1ccc2nc[nH]c2c1)N1CCC[C@@H]2c3ccc(CO)cc3CCC21. The van der Waals surface area contributed by atoms with Gasteiger partial charge in [0.25, 0.3) is 5.91 Å². The third-order valence-electron chi connectivity index (χ3n) is 6.21. The van der Waals surface area contributed by atoms with Crippen LogP contribution in [0.2, 0.25) is 0 Å². The van der Waals surface area contributed by atoms with Gasteiger partial charge < -0.3 is 15.0 Å². The van der Waals surface area contributed by atoms with Gasteiger partial charge in [-0.25, -0.2) is 4.98 Å². The summed E-state index contributed by atoms with van der Waals surface area (Å²) in [5.41, 5.74) is 6.20. The van der Waals surface area contributed by atoms with Crippen molar-refractivity contribution in [1.29, 1.82) is 0 Å². The van der Waals surface area contributed by atoms with E-state index in [0.29, 0.717) is 5.92 Å². The number of fused-ring (bicyclic) bond motifs is 4. The first-order valence-electron chi connectivity index (χ1n) is 9.71. The fourth-order valence-electron chi connectivity index (χ4n) is 4.90. The second kappa shape index (κ2) is 6.50. The number of aliphatic hydroxyl groups is 1. The van der Waals surface area contributed by atoms with Gasteiger partial charge in [0.1, 0.15) is 0 Å². The zero-order valence-electron chi connectivity index (χ0n) is 15.2. The third-order valence-corrected chi connectivity index (χ3v) is 6.21. The Morgan fingerprint density at radius 2 is 2.15 bits per heavy atom. The number of imidazole rings is 1. The third kappa shape index (κ3) is 2.73. The molecule has 2 atom stereocenters. The first-order chi connectivity index (χ1) is 13.2. The molecule has 2 aromatic carbocycles. The van der Waals surface area contributed by atoms with Crippen molar-refractivity contribution in [3.05, 3.63) is 65.0 Å². The van der Waals surface area contributed by atoms with Crippen molar-refractivity contribution in [2.24, 2.45) is 0 Å². The Bertz CT molecular complexity index is 1010. The molecular formula is C22H23N3O2. The van der Waals surface area contributed by atoms with Gasteiger partial charge in [0.15, 0.2) is 0 Å². The number of aromatic amines is 1. The fraction of sp³-hybridized carbons (Fsp3) is 0.364. The van der Waals surface area contributed by atoms with Crippen molar-refractivity contribution in [2.75, 3.05) is 6.54 Å². The van der Waals surface area contributed by atoms with Crippen molar-refractivity contribution in [2.45, 2.75) is 44.2 Å². The Balaban J connectivity index is 1.46. The maximum absolute atomic E-state index is 13.3. The molecule has 1 aliphatic carbocycles. The van der Waals surface area contributed by atoms with Gasteiger partial charge in [-0.3, -0.25) is 4.79 Å². The topological polar surface area (TPSA) is 69.2 Å². The van der Waals surface area contributed by atoms with Crippen LogP contribution in [-0.2, 0) is 13.0 Å². The van der Waals surface area contributed by atoms with E-state index in [9.17, 15) is 9.90 Å². The van der Waals surface area contributed by atoms with Crippen LogP contribution in [0.15, 0.2) is 42.7 Å². The fourth-order valence-corrected chi connectivity index (χ4v) is 4.90. The molecule has 2 aliphatic rings. The first kappa shape index (κ1) is 16.5. The maximum Gasteiger partial charge on any atom is 0.254 e. The number of aliphatic hydroxyl groups excluding tert-OH is 1. The van der Waals surface area contributed by atoms with Crippen molar-refractivity contribution in [3.63, 3.8) is 0 Å². The molecule has 2 N–H and O–H groups in total. The van der Waals surface area contributed by atoms with Crippen molar-refractivity contribution in [3.8, 4) is 0 Å². The zero-order valence-corrected chi connectivity index (χ0v) is 15.2. The summed E-state index contributed by atoms with van der Waals surface area (Å²) in [4.78, 5) is 22.7. The van der Waals surface area contributed by atoms with Gasteiger partial charge in [-0.15, -0.1) is 0 Å². The van der Waals surface area contributed by atoms with E-state index in [-0.39, 0.29) is 18.6 Å². The van der Waals surface area contributed by atoms with Crippen LogP contribution in [0, 0.1) is 0 Å². The molecule has 1 saturated heterocycles. The van der Waals surface area contributed by atoms with E-state index in [1.54, 1.807) is 6.33 Å². The van der Waals surface area contributed by atoms with Crippen molar-refractivity contribution in [1.82, 2.24) is 14.9 Å². The normalized spacial score (nSPS) is 21.7. The van der Waals surface area contributed by atoms with Gasteiger partial charge in [0.05, 0.1) is 24.0 Å². The minimum atomic E-state index is 0.0854. The van der Waals surface area contributed by atoms with E-state index in [1.165, 1.54) is 11.1 Å². The van der Waals surface area contributed by atoms with Crippen LogP contribution in [0.25, 0.3) is 11.0 Å². The number of H-pyrrole nitrogens is 1. The summed E-state index contributed by atoms with van der Waals surface area (Å²) >= 11 is 0. The molecule has 1 aliphatic heterocycles. The molecule has 3 aromatic rings. The summed E-state index contributed by atoms with van der Waals surface area (Å²) in [6.45, 7) is 0.910. The van der Waals surface area contributed by atoms with Crippen LogP contribution in [0.3, 0.4) is 0 Å². The predicted molar refractivity (Wildman–Crippen MR) is 104 cm³/mol. The molecule has 5 heteroatoms. The van der Waals surface area contributed by atoms with Crippen LogP contribution in [0.4, 0.5) is 0 Å². The number of nitrogens with one attached hydrogen (secondary N) is 1. The number of hydrogen-bond acceptors (Lipinski definition) is 3. The highest BCUT2D eigenvalue weighted by atomic mass is 16.3. The lowest BCUT2D eigenvalue weighted by molar-refractivity contribution is 0.0547. The summed E-state index contributed by atoms with van der Waals surface area (Å²) in [6.07, 6.45) is 5.77. The number of aromatic nitrogens is 2. The van der Waals surface area contributed by atoms with E-state index in [4.69, 9.17) is 0 Å². The lowest BCUT2D eigenvalue weighted by Gasteiger charge is -2.45. The van der Waals surface area contributed by atoms with Crippen LogP contribution < -0.4 is 0 Å². The number of hydrogen-bond donors (Lipinski definition) is 2. The molecule has 0 radical (unpaired) electrons. The molecule has 1 fully saturated rings. The number of aryl methyl sites for hydroxylation is 1. The van der Waals surface area contributed by atoms with Gasteiger partial charge in [-0.1, -0.05) is 18.2 Å². The van der Waals surface area contributed by atoms with E-state index >= 15 is 0 Å². The Labute approximate surface area is 158 Å². The van der Waals surface area contributed by atoms with Gasteiger partial charge in [0, 0.05) is 24.1 Å². The summed E-state index contributed by atoms with van der Waals surface area (Å²) in [5, 5.41) is 9.41. The van der Waals surface area contributed by atoms with Gasteiger partial charge in [-0.05, 0) is 60.6 Å². The monoisotopic (exact) mass is 361 g/mol. The Morgan fingerprint density at radius 3 is 3.04 bits per heavy atom. The molecule has 0 bridgehead atoms. The van der Waals surface area contributed by atoms with Crippen molar-refractivity contribution < 1.29 is 9.90 Å². The molecule has 27 heavy (non-hydrogen) atoms. The number of amides is 1. The van der Waals surface area contributed by atoms with E-state index in [1.807, 2.05) is 24.3 Å². The Morgan fingerprint density at radius 1 is 1.22 bits per heavy atom. The van der Waals surface area contributed by atoms with E-state index in [0.717, 1.165) is 54.4 Å². The number of carbonyl (C=O) groups excluding carboxylic acids is 1. The molecule has 0 spiro atoms. The standard InChI is InChI=1S/C22H23N3O2/c26-12-14-3-6-17-15(10-14)5-8-21-18(17)2-1-9-25(21)22(27)16-4-7-19-20(11-16)24-13-23-19/h3-4,6-7,10-11,13,18,21,26H,1-2,5,8-9,12H2,(H,23,24)/t18-,21?/m1/s1. The van der Waals surface area contributed by atoms with Gasteiger partial charge in [-0.2, -0.15) is 0 Å². The quantitative estimate of drug-likeness (QED) is 0.735. The molecule has 138 valence electrons. The highest BCUT2D eigenvalue weighted by Gasteiger charge is 2.38. The largest absolute Gasteiger partial charge is 0.392 e. The predicted octanol–water partition coefficient (Wildman–Crippen LogP) is 3.39. The number of nitrogens with zero attached hydrogens (tertiary/aromatic N) is 2. The summed E-state index contributed by atoms with van der Waals surface area (Å²) in [7, 11) is 0. The summed E-state index contributed by atoms with van der Waals surface area (Å²) < 4.78 is 0. The van der Waals surface area contributed by atoms with E-state index in [2.05, 4.69) is 27.0 Å². The molecule has 2 heterocycles. The molecule has 0 saturated carbocycles. The summed E-state index contributed by atoms with van der Waals surface area (Å²) in [5.74, 6) is 0.520. The molecule has 1 amide bonds. The number of rotatable bonds is 2. The van der Waals surface area contributed by atoms with Gasteiger partial charge >= 0.3 is 0 Å². The first-order valence-corrected chi connectivity index (χ1v) is 9.71. The maximum atomic E-state index is 13.3. The highest BCUT2D eigenvalue weighted by molar-refractivity contribution is 5.97. The Kier molecular flexibility index (Phi) is 3.97. The van der Waals surface area contributed by atoms with Crippen LogP contribution in [-0.4, -0.2) is 38.5 Å². The smallest absolute Gasteiger partial charge is 0.254 e. The molecule has 5 rings (SSSR count). The molecule has 1 unspecified atom stereocenters. The van der Waals surface area contributed by atoms with Crippen LogP contribution >= 0.6 is 0 Å². The number of carbonyl (C=O) groups is 1. The Hall–Kier alpha value is -2.66. The van der Waals surface area contributed by atoms with Crippen LogP contribution in [0.5, 0.6) is 0 Å². The minimum Gasteiger partial charge on any atom is -0.392 e. The van der Waals surface area contributed by atoms with Crippen LogP contribution in [0.1, 0.15) is 52.2 Å². The van der Waals surface area contributed by atoms with E-state index < -0.39 is 0 Å². The zero-order chi connectivity index (χ0) is 18.4. The second-order valence-corrected chi connectivity index (χ2v) is 7.68. The minimum absolute atomic E-state index is 0.0854. The molecule has 5 nitrogen and oxygen atoms in total. The second-order valence-electron chi connectivity index (χ2n) is 7.68. The molecule has 1 aromatic heterocycles. The number of piperidine rings is 1. The molecular weight excluding hydrogens is 338 g/mol. The lowest BCUT2D eigenvalue weighted by atomic mass is 9.74.